The number of ether oxygens (including phenoxy) is 1. The molecular weight excluding hydrogens is 349 g/mol. The van der Waals surface area contributed by atoms with Gasteiger partial charge in [0.25, 0.3) is 11.7 Å². The molecule has 2 rings (SSSR count). The maximum Gasteiger partial charge on any atom is 1.00 e. The van der Waals surface area contributed by atoms with Gasteiger partial charge in [0.15, 0.2) is 0 Å². The molecule has 1 aliphatic heterocycles. The van der Waals surface area contributed by atoms with Gasteiger partial charge < -0.3 is 14.2 Å². The van der Waals surface area contributed by atoms with Crippen molar-refractivity contribution in [1.29, 1.82) is 0 Å². The van der Waals surface area contributed by atoms with E-state index >= 15 is 0 Å². The van der Waals surface area contributed by atoms with Crippen molar-refractivity contribution >= 4 is 33.5 Å². The Labute approximate surface area is 161 Å². The van der Waals surface area contributed by atoms with E-state index in [9.17, 15) is 27.4 Å². The predicted octanol–water partition coefficient (Wildman–Crippen LogP) is -2.53. The topological polar surface area (TPSA) is 121 Å². The number of hydrogen-bond donors (Lipinski definition) is 0. The van der Waals surface area contributed by atoms with Crippen LogP contribution in [-0.4, -0.2) is 43.8 Å². The Bertz CT molecular complexity index is 775. The zero-order chi connectivity index (χ0) is 17.2. The van der Waals surface area contributed by atoms with Gasteiger partial charge >= 0.3 is 35.5 Å². The molecule has 8 nitrogen and oxygen atoms in total. The average molecular weight is 363 g/mol. The van der Waals surface area contributed by atoms with Crippen molar-refractivity contribution in [2.45, 2.75) is 24.7 Å². The predicted molar refractivity (Wildman–Crippen MR) is 77.0 cm³/mol. The number of carbonyl (C=O) groups excluding carboxylic acids is 3. The number of benzene rings is 1. The Morgan fingerprint density at radius 2 is 1.96 bits per heavy atom. The number of esters is 1. The molecule has 0 aliphatic carbocycles. The Kier molecular flexibility index (Phi) is 7.11. The number of ketones is 1. The Hall–Kier alpha value is -1.26. The summed E-state index contributed by atoms with van der Waals surface area (Å²) in [5.41, 5.74) is 0.110. The van der Waals surface area contributed by atoms with E-state index in [1.807, 2.05) is 0 Å². The fraction of sp³-hybridized carbons (Fsp3) is 0.357. The maximum atomic E-state index is 12.0. The Morgan fingerprint density at radius 1 is 1.29 bits per heavy atom. The fourth-order valence-electron chi connectivity index (χ4n) is 2.27. The van der Waals surface area contributed by atoms with Gasteiger partial charge in [-0.1, -0.05) is 0 Å². The second-order valence-corrected chi connectivity index (χ2v) is 6.21. The van der Waals surface area contributed by atoms with Crippen LogP contribution in [-0.2, 0) is 24.4 Å². The fourth-order valence-corrected chi connectivity index (χ4v) is 2.77. The molecule has 10 heteroatoms. The zero-order valence-corrected chi connectivity index (χ0v) is 16.1. The molecule has 1 aromatic carbocycles. The van der Waals surface area contributed by atoms with Gasteiger partial charge in [-0.2, -0.15) is 0 Å². The number of anilines is 1. The summed E-state index contributed by atoms with van der Waals surface area (Å²) in [5.74, 6) is -2.09. The van der Waals surface area contributed by atoms with Gasteiger partial charge in [-0.25, -0.2) is 8.42 Å². The van der Waals surface area contributed by atoms with Crippen molar-refractivity contribution in [3.8, 4) is 0 Å². The molecular formula is C14H14NNaO7S. The van der Waals surface area contributed by atoms with E-state index in [2.05, 4.69) is 0 Å². The second kappa shape index (κ2) is 8.21. The first kappa shape index (κ1) is 20.8. The third-order valence-corrected chi connectivity index (χ3v) is 4.13. The smallest absolute Gasteiger partial charge is 0.744 e. The number of Topliss-reactive ketones (excluding diaryl/α,β-unsaturated/α-hetero) is 1. The van der Waals surface area contributed by atoms with E-state index in [0.29, 0.717) is 6.42 Å². The molecule has 0 N–H and O–H groups in total. The Balaban J connectivity index is 0.00000288. The van der Waals surface area contributed by atoms with Crippen molar-refractivity contribution < 1.29 is 61.6 Å². The van der Waals surface area contributed by atoms with Gasteiger partial charge in [-0.3, -0.25) is 14.4 Å². The molecule has 0 aromatic heterocycles. The van der Waals surface area contributed by atoms with Gasteiger partial charge in [-0.05, 0) is 31.5 Å². The van der Waals surface area contributed by atoms with E-state index in [0.717, 1.165) is 17.0 Å². The number of hydrogen-bond acceptors (Lipinski definition) is 7. The molecule has 24 heavy (non-hydrogen) atoms. The van der Waals surface area contributed by atoms with E-state index in [4.69, 9.17) is 4.74 Å². The first-order valence-electron chi connectivity index (χ1n) is 6.87. The molecule has 1 amide bonds. The quantitative estimate of drug-likeness (QED) is 0.236. The summed E-state index contributed by atoms with van der Waals surface area (Å²) in [5, 5.41) is 0. The summed E-state index contributed by atoms with van der Waals surface area (Å²) in [4.78, 5) is 35.7. The largest absolute Gasteiger partial charge is 1.00 e. The van der Waals surface area contributed by atoms with Gasteiger partial charge in [0.05, 0.1) is 22.8 Å². The molecule has 0 saturated carbocycles. The van der Waals surface area contributed by atoms with Crippen LogP contribution in [0.4, 0.5) is 5.69 Å². The first-order valence-corrected chi connectivity index (χ1v) is 8.28. The minimum atomic E-state index is -4.71. The standard InChI is InChI=1S/C14H15NO7S.Na/c1-2-22-12(16)4-3-7-15-11-6-5-9(23(19,20)21)8-10(11)13(17)14(15)18;/h5-6,8H,2-4,7H2,1H3,(H,19,20,21);/q;+1/p-1. The molecule has 1 aliphatic rings. The van der Waals surface area contributed by atoms with Crippen molar-refractivity contribution in [2.75, 3.05) is 18.1 Å². The molecule has 0 fully saturated rings. The van der Waals surface area contributed by atoms with Crippen LogP contribution in [0, 0.1) is 0 Å². The monoisotopic (exact) mass is 363 g/mol. The second-order valence-electron chi connectivity index (χ2n) is 4.83. The van der Waals surface area contributed by atoms with Gasteiger partial charge in [0.2, 0.25) is 0 Å². The summed E-state index contributed by atoms with van der Waals surface area (Å²) in [6.07, 6.45) is 0.382. The summed E-state index contributed by atoms with van der Waals surface area (Å²) in [6.45, 7) is 2.05. The van der Waals surface area contributed by atoms with Crippen molar-refractivity contribution in [1.82, 2.24) is 0 Å². The van der Waals surface area contributed by atoms with Crippen LogP contribution < -0.4 is 34.5 Å². The molecule has 1 aromatic rings. The number of carbonyl (C=O) groups is 3. The molecule has 0 saturated heterocycles. The van der Waals surface area contributed by atoms with Gasteiger partial charge in [-0.15, -0.1) is 0 Å². The van der Waals surface area contributed by atoms with Crippen LogP contribution in [0.25, 0.3) is 0 Å². The maximum absolute atomic E-state index is 12.0. The van der Waals surface area contributed by atoms with Crippen LogP contribution in [0.15, 0.2) is 23.1 Å². The SMILES string of the molecule is CCOC(=O)CCCN1C(=O)C(=O)c2cc(S(=O)(=O)[O-])ccc21.[Na+]. The van der Waals surface area contributed by atoms with Crippen LogP contribution in [0.1, 0.15) is 30.1 Å². The minimum absolute atomic E-state index is 0. The third-order valence-electron chi connectivity index (χ3n) is 3.30. The van der Waals surface area contributed by atoms with E-state index in [-0.39, 0.29) is 60.4 Å². The molecule has 124 valence electrons. The summed E-state index contributed by atoms with van der Waals surface area (Å²) in [7, 11) is -4.71. The van der Waals surface area contributed by atoms with E-state index in [1.54, 1.807) is 6.92 Å². The number of rotatable bonds is 6. The van der Waals surface area contributed by atoms with Crippen molar-refractivity contribution in [3.63, 3.8) is 0 Å². The van der Waals surface area contributed by atoms with Crippen molar-refractivity contribution in [3.05, 3.63) is 23.8 Å². The molecule has 0 atom stereocenters. The van der Waals surface area contributed by atoms with Gasteiger partial charge in [0.1, 0.15) is 10.1 Å². The summed E-state index contributed by atoms with van der Waals surface area (Å²) < 4.78 is 37.7. The molecule has 0 radical (unpaired) electrons. The third kappa shape index (κ3) is 4.42. The summed E-state index contributed by atoms with van der Waals surface area (Å²) in [6, 6.07) is 3.20. The zero-order valence-electron chi connectivity index (χ0n) is 13.3. The molecule has 0 bridgehead atoms. The van der Waals surface area contributed by atoms with Crippen LogP contribution in [0.5, 0.6) is 0 Å². The van der Waals surface area contributed by atoms with Crippen molar-refractivity contribution in [2.24, 2.45) is 0 Å². The van der Waals surface area contributed by atoms with Crippen LogP contribution in [0.2, 0.25) is 0 Å². The number of fused-ring (bicyclic) bond motifs is 1. The number of nitrogens with zero attached hydrogens (tertiary/aromatic N) is 1. The molecule has 0 unspecified atom stereocenters. The summed E-state index contributed by atoms with van der Waals surface area (Å²) >= 11 is 0. The van der Waals surface area contributed by atoms with Gasteiger partial charge in [0, 0.05) is 13.0 Å². The van der Waals surface area contributed by atoms with E-state index < -0.39 is 32.7 Å². The Morgan fingerprint density at radius 3 is 2.54 bits per heavy atom. The van der Waals surface area contributed by atoms with Crippen LogP contribution in [0.3, 0.4) is 0 Å². The molecule has 1 heterocycles. The van der Waals surface area contributed by atoms with Crippen LogP contribution >= 0.6 is 0 Å². The normalized spacial score (nSPS) is 13.5. The van der Waals surface area contributed by atoms with E-state index in [1.165, 1.54) is 6.07 Å². The molecule has 0 spiro atoms. The number of amides is 1. The average Bonchev–Trinajstić information content (AvgIpc) is 2.71. The first-order chi connectivity index (χ1) is 10.8. The minimum Gasteiger partial charge on any atom is -0.744 e.